The van der Waals surface area contributed by atoms with Crippen molar-refractivity contribution >= 4 is 17.6 Å². The van der Waals surface area contributed by atoms with Gasteiger partial charge in [-0.3, -0.25) is 9.59 Å². The zero-order valence-corrected chi connectivity index (χ0v) is 11.2. The number of hydrogen-bond acceptors (Lipinski definition) is 4. The molecule has 7 heteroatoms. The Bertz CT molecular complexity index is 373. The fourth-order valence-electron chi connectivity index (χ4n) is 2.43. The lowest BCUT2D eigenvalue weighted by molar-refractivity contribution is -0.132. The molecule has 1 saturated carbocycles. The van der Waals surface area contributed by atoms with Crippen molar-refractivity contribution in [3.63, 3.8) is 0 Å². The quantitative estimate of drug-likeness (QED) is 0.189. The van der Waals surface area contributed by atoms with Crippen LogP contribution in [-0.4, -0.2) is 28.9 Å². The van der Waals surface area contributed by atoms with Crippen LogP contribution in [0.25, 0.3) is 0 Å². The fraction of sp³-hybridized carbons (Fsp3) is 0.750. The van der Waals surface area contributed by atoms with E-state index in [4.69, 9.17) is 16.7 Å². The molecule has 1 atom stereocenters. The van der Waals surface area contributed by atoms with Gasteiger partial charge in [0, 0.05) is 0 Å². The van der Waals surface area contributed by atoms with Crippen molar-refractivity contribution in [3.05, 3.63) is 0 Å². The van der Waals surface area contributed by atoms with Gasteiger partial charge >= 0.3 is 0 Å². The summed E-state index contributed by atoms with van der Waals surface area (Å²) in [4.78, 5) is 23.4. The van der Waals surface area contributed by atoms with E-state index in [2.05, 4.69) is 10.5 Å². The van der Waals surface area contributed by atoms with Crippen LogP contribution in [0.2, 0.25) is 0 Å². The van der Waals surface area contributed by atoms with Crippen molar-refractivity contribution in [1.82, 2.24) is 5.32 Å². The highest BCUT2D eigenvalue weighted by Gasteiger charge is 2.43. The van der Waals surface area contributed by atoms with Gasteiger partial charge in [-0.25, -0.2) is 0 Å². The third-order valence-electron chi connectivity index (χ3n) is 3.76. The molecule has 1 fully saturated rings. The lowest BCUT2D eigenvalue weighted by Crippen LogP contribution is -2.54. The highest BCUT2D eigenvalue weighted by atomic mass is 16.4. The molecule has 1 rings (SSSR count). The van der Waals surface area contributed by atoms with Crippen molar-refractivity contribution < 1.29 is 14.8 Å². The summed E-state index contributed by atoms with van der Waals surface area (Å²) >= 11 is 0. The average molecular weight is 270 g/mol. The zero-order chi connectivity index (χ0) is 14.5. The summed E-state index contributed by atoms with van der Waals surface area (Å²) in [5.41, 5.74) is 9.83. The third-order valence-corrected chi connectivity index (χ3v) is 3.76. The van der Waals surface area contributed by atoms with Crippen LogP contribution in [0.5, 0.6) is 0 Å². The predicted octanol–water partition coefficient (Wildman–Crippen LogP) is 0.0634. The molecular formula is C12H22N4O3. The first-order chi connectivity index (χ1) is 8.94. The number of rotatable bonds is 4. The van der Waals surface area contributed by atoms with E-state index < -0.39 is 23.3 Å². The van der Waals surface area contributed by atoms with Crippen molar-refractivity contribution in [1.29, 1.82) is 0 Å². The molecule has 19 heavy (non-hydrogen) atoms. The number of amidine groups is 1. The molecule has 0 aromatic heterocycles. The molecule has 1 aliphatic rings. The van der Waals surface area contributed by atoms with Gasteiger partial charge in [-0.1, -0.05) is 30.8 Å². The van der Waals surface area contributed by atoms with E-state index in [-0.39, 0.29) is 5.84 Å². The Morgan fingerprint density at radius 2 is 1.74 bits per heavy atom. The van der Waals surface area contributed by atoms with Crippen molar-refractivity contribution in [3.8, 4) is 0 Å². The Morgan fingerprint density at radius 3 is 2.16 bits per heavy atom. The number of hydrogen-bond donors (Lipinski definition) is 4. The Hall–Kier alpha value is -1.79. The summed E-state index contributed by atoms with van der Waals surface area (Å²) < 4.78 is 0. The lowest BCUT2D eigenvalue weighted by Gasteiger charge is -2.30. The Morgan fingerprint density at radius 1 is 1.21 bits per heavy atom. The molecule has 0 heterocycles. The Balaban J connectivity index is 2.96. The summed E-state index contributed by atoms with van der Waals surface area (Å²) in [5, 5.41) is 14.5. The largest absolute Gasteiger partial charge is 0.409 e. The second kappa shape index (κ2) is 6.40. The number of nitrogens with zero attached hydrogens (tertiary/aromatic N) is 1. The van der Waals surface area contributed by atoms with Gasteiger partial charge in [0.2, 0.25) is 11.8 Å². The van der Waals surface area contributed by atoms with Crippen molar-refractivity contribution in [2.45, 2.75) is 51.5 Å². The van der Waals surface area contributed by atoms with Crippen LogP contribution < -0.4 is 16.8 Å². The lowest BCUT2D eigenvalue weighted by atomic mass is 9.78. The van der Waals surface area contributed by atoms with Gasteiger partial charge in [0.1, 0.15) is 11.5 Å². The van der Waals surface area contributed by atoms with E-state index in [0.717, 1.165) is 25.7 Å². The Kier molecular flexibility index (Phi) is 5.14. The first-order valence-electron chi connectivity index (χ1n) is 6.52. The Labute approximate surface area is 112 Å². The number of amides is 2. The third kappa shape index (κ3) is 3.36. The monoisotopic (exact) mass is 270 g/mol. The average Bonchev–Trinajstić information content (AvgIpc) is 2.64. The van der Waals surface area contributed by atoms with E-state index in [0.29, 0.717) is 12.8 Å². The van der Waals surface area contributed by atoms with Crippen LogP contribution >= 0.6 is 0 Å². The molecule has 0 radical (unpaired) electrons. The van der Waals surface area contributed by atoms with Gasteiger partial charge in [-0.2, -0.15) is 0 Å². The van der Waals surface area contributed by atoms with Gasteiger partial charge in [-0.05, 0) is 19.8 Å². The predicted molar refractivity (Wildman–Crippen MR) is 70.3 cm³/mol. The summed E-state index contributed by atoms with van der Waals surface area (Å²) in [5.74, 6) is -1.10. The number of carbonyl (C=O) groups is 2. The number of carbonyl (C=O) groups excluding carboxylic acids is 2. The molecular weight excluding hydrogens is 248 g/mol. The smallest absolute Gasteiger partial charge is 0.239 e. The first-order valence-corrected chi connectivity index (χ1v) is 6.52. The maximum Gasteiger partial charge on any atom is 0.239 e. The SMILES string of the molecule is CC(NC(=O)C1(C(N)=NO)CCCCCC1)C(N)=O. The molecule has 0 saturated heterocycles. The minimum atomic E-state index is -1.03. The molecule has 1 aliphatic carbocycles. The van der Waals surface area contributed by atoms with Gasteiger partial charge in [-0.15, -0.1) is 0 Å². The minimum absolute atomic E-state index is 0.0939. The van der Waals surface area contributed by atoms with Crippen LogP contribution in [0.15, 0.2) is 5.16 Å². The molecule has 0 aromatic carbocycles. The molecule has 0 bridgehead atoms. The summed E-state index contributed by atoms with van der Waals surface area (Å²) in [6, 6.07) is -0.779. The van der Waals surface area contributed by atoms with E-state index in [1.807, 2.05) is 0 Å². The fourth-order valence-corrected chi connectivity index (χ4v) is 2.43. The van der Waals surface area contributed by atoms with E-state index in [1.165, 1.54) is 6.92 Å². The van der Waals surface area contributed by atoms with E-state index in [1.54, 1.807) is 0 Å². The van der Waals surface area contributed by atoms with Gasteiger partial charge < -0.3 is 22.0 Å². The van der Waals surface area contributed by atoms with E-state index >= 15 is 0 Å². The summed E-state index contributed by atoms with van der Waals surface area (Å²) in [6.45, 7) is 1.51. The first kappa shape index (κ1) is 15.3. The molecule has 2 amide bonds. The zero-order valence-electron chi connectivity index (χ0n) is 11.2. The van der Waals surface area contributed by atoms with Crippen LogP contribution in [0, 0.1) is 5.41 Å². The normalized spacial score (nSPS) is 21.2. The summed E-state index contributed by atoms with van der Waals surface area (Å²) in [7, 11) is 0. The van der Waals surface area contributed by atoms with Crippen LogP contribution in [0.3, 0.4) is 0 Å². The molecule has 0 spiro atoms. The van der Waals surface area contributed by atoms with Crippen LogP contribution in [0.4, 0.5) is 0 Å². The van der Waals surface area contributed by atoms with Gasteiger partial charge in [0.25, 0.3) is 0 Å². The van der Waals surface area contributed by atoms with Gasteiger partial charge in [0.15, 0.2) is 5.84 Å². The highest BCUT2D eigenvalue weighted by molar-refractivity contribution is 6.07. The van der Waals surface area contributed by atoms with Gasteiger partial charge in [0.05, 0.1) is 0 Å². The molecule has 0 aromatic rings. The molecule has 1 unspecified atom stereocenters. The molecule has 6 N–H and O–H groups in total. The molecule has 108 valence electrons. The second-order valence-electron chi connectivity index (χ2n) is 5.08. The topological polar surface area (TPSA) is 131 Å². The van der Waals surface area contributed by atoms with Crippen molar-refractivity contribution in [2.75, 3.05) is 0 Å². The maximum atomic E-state index is 12.4. The number of oxime groups is 1. The van der Waals surface area contributed by atoms with Crippen LogP contribution in [-0.2, 0) is 9.59 Å². The minimum Gasteiger partial charge on any atom is -0.409 e. The second-order valence-corrected chi connectivity index (χ2v) is 5.08. The number of nitrogens with one attached hydrogen (secondary N) is 1. The van der Waals surface area contributed by atoms with Crippen LogP contribution in [0.1, 0.15) is 45.4 Å². The maximum absolute atomic E-state index is 12.4. The molecule has 7 nitrogen and oxygen atoms in total. The molecule has 0 aliphatic heterocycles. The standard InChI is InChI=1S/C12H22N4O3/c1-8(9(13)17)15-11(18)12(10(14)16-19)6-4-2-3-5-7-12/h8,19H,2-7H2,1H3,(H2,13,17)(H2,14,16)(H,15,18). The highest BCUT2D eigenvalue weighted by Crippen LogP contribution is 2.35. The summed E-state index contributed by atoms with van der Waals surface area (Å²) in [6.07, 6.45) is 4.71. The number of nitrogens with two attached hydrogens (primary N) is 2. The number of primary amides is 1. The van der Waals surface area contributed by atoms with Crippen molar-refractivity contribution in [2.24, 2.45) is 22.0 Å². The van der Waals surface area contributed by atoms with E-state index in [9.17, 15) is 9.59 Å².